The van der Waals surface area contributed by atoms with E-state index in [4.69, 9.17) is 0 Å². The van der Waals surface area contributed by atoms with Crippen LogP contribution in [-0.2, 0) is 5.41 Å². The van der Waals surface area contributed by atoms with E-state index in [1.54, 1.807) is 0 Å². The Balaban J connectivity index is 1.71. The molecule has 1 aromatic heterocycles. The molecule has 0 aliphatic rings. The van der Waals surface area contributed by atoms with Crippen molar-refractivity contribution < 1.29 is 4.98 Å². The zero-order chi connectivity index (χ0) is 19.3. The zero-order valence-corrected chi connectivity index (χ0v) is 16.6. The highest BCUT2D eigenvalue weighted by Gasteiger charge is 2.16. The van der Waals surface area contributed by atoms with Crippen molar-refractivity contribution in [1.82, 2.24) is 0 Å². The molecule has 0 aliphatic heterocycles. The predicted octanol–water partition coefficient (Wildman–Crippen LogP) is 6.92. The number of aromatic amines is 1. The first kappa shape index (κ1) is 16.9. The van der Waals surface area contributed by atoms with Crippen LogP contribution in [0.3, 0.4) is 0 Å². The van der Waals surface area contributed by atoms with Gasteiger partial charge in [0.15, 0.2) is 6.20 Å². The van der Waals surface area contributed by atoms with E-state index in [-0.39, 0.29) is 5.41 Å². The molecule has 0 unspecified atom stereocenters. The molecule has 0 aliphatic carbocycles. The molecule has 0 bridgehead atoms. The SMILES string of the molecule is CC(C)(C)c1ccc2cc(-c3[nH+]ccc4c3ccc3ccccc34)ccc2c1. The number of fused-ring (bicyclic) bond motifs is 4. The first-order valence-electron chi connectivity index (χ1n) is 9.87. The second-order valence-corrected chi connectivity index (χ2v) is 8.63. The third-order valence-electron chi connectivity index (χ3n) is 5.71. The minimum atomic E-state index is 0.164. The van der Waals surface area contributed by atoms with Gasteiger partial charge in [-0.3, -0.25) is 0 Å². The van der Waals surface area contributed by atoms with Crippen LogP contribution < -0.4 is 4.98 Å². The molecule has 28 heavy (non-hydrogen) atoms. The van der Waals surface area contributed by atoms with Crippen LogP contribution in [0.4, 0.5) is 0 Å². The van der Waals surface area contributed by atoms with Crippen molar-refractivity contribution >= 4 is 32.3 Å². The van der Waals surface area contributed by atoms with Crippen LogP contribution in [-0.4, -0.2) is 0 Å². The molecule has 5 aromatic rings. The van der Waals surface area contributed by atoms with Gasteiger partial charge in [-0.15, -0.1) is 0 Å². The fourth-order valence-corrected chi connectivity index (χ4v) is 4.09. The van der Waals surface area contributed by atoms with Crippen LogP contribution in [0.15, 0.2) is 85.1 Å². The van der Waals surface area contributed by atoms with Crippen LogP contribution in [0.5, 0.6) is 0 Å². The van der Waals surface area contributed by atoms with Gasteiger partial charge in [0, 0.05) is 17.0 Å². The number of rotatable bonds is 1. The molecular formula is C27H24N+. The summed E-state index contributed by atoms with van der Waals surface area (Å²) in [6.07, 6.45) is 2.05. The molecule has 1 nitrogen and oxygen atoms in total. The van der Waals surface area contributed by atoms with E-state index < -0.39 is 0 Å². The topological polar surface area (TPSA) is 14.1 Å². The lowest BCUT2D eigenvalue weighted by molar-refractivity contribution is -0.362. The maximum atomic E-state index is 3.49. The summed E-state index contributed by atoms with van der Waals surface area (Å²) >= 11 is 0. The number of aromatic nitrogens is 1. The number of hydrogen-bond donors (Lipinski definition) is 0. The molecule has 0 saturated carbocycles. The number of H-pyrrole nitrogens is 1. The normalized spacial score (nSPS) is 12.1. The summed E-state index contributed by atoms with van der Waals surface area (Å²) in [5, 5.41) is 7.69. The highest BCUT2D eigenvalue weighted by molar-refractivity contribution is 6.10. The van der Waals surface area contributed by atoms with Gasteiger partial charge in [0.05, 0.1) is 5.39 Å². The van der Waals surface area contributed by atoms with Crippen molar-refractivity contribution in [2.45, 2.75) is 26.2 Å². The zero-order valence-electron chi connectivity index (χ0n) is 16.6. The Labute approximate surface area is 165 Å². The van der Waals surface area contributed by atoms with Gasteiger partial charge in [0.1, 0.15) is 0 Å². The first-order chi connectivity index (χ1) is 13.5. The molecule has 0 spiro atoms. The van der Waals surface area contributed by atoms with Crippen LogP contribution in [0.2, 0.25) is 0 Å². The summed E-state index contributed by atoms with van der Waals surface area (Å²) in [6, 6.07) is 28.8. The van der Waals surface area contributed by atoms with Crippen molar-refractivity contribution in [3.05, 3.63) is 90.6 Å². The van der Waals surface area contributed by atoms with Crippen molar-refractivity contribution in [1.29, 1.82) is 0 Å². The molecule has 1 N–H and O–H groups in total. The molecule has 5 rings (SSSR count). The first-order valence-corrected chi connectivity index (χ1v) is 9.87. The molecule has 136 valence electrons. The van der Waals surface area contributed by atoms with Crippen molar-refractivity contribution in [3.63, 3.8) is 0 Å². The number of benzene rings is 4. The quantitative estimate of drug-likeness (QED) is 0.287. The second-order valence-electron chi connectivity index (χ2n) is 8.63. The third kappa shape index (κ3) is 2.75. The third-order valence-corrected chi connectivity index (χ3v) is 5.71. The molecule has 0 saturated heterocycles. The summed E-state index contributed by atoms with van der Waals surface area (Å²) in [7, 11) is 0. The molecule has 0 fully saturated rings. The second kappa shape index (κ2) is 6.17. The van der Waals surface area contributed by atoms with Crippen LogP contribution in [0, 0.1) is 0 Å². The smallest absolute Gasteiger partial charge is 0.211 e. The summed E-state index contributed by atoms with van der Waals surface area (Å²) < 4.78 is 0. The minimum Gasteiger partial charge on any atom is -0.211 e. The standard InChI is InChI=1S/C27H23N/c1-27(2,3)22-12-10-19-16-21(9-8-20(19)17-22)26-25-13-11-18-6-4-5-7-23(18)24(25)14-15-28-26/h4-17H,1-3H3/p+1. The van der Waals surface area contributed by atoms with Crippen molar-refractivity contribution in [3.8, 4) is 11.3 Å². The van der Waals surface area contributed by atoms with E-state index in [2.05, 4.69) is 111 Å². The molecule has 0 amide bonds. The van der Waals surface area contributed by atoms with Gasteiger partial charge in [0.2, 0.25) is 5.69 Å². The summed E-state index contributed by atoms with van der Waals surface area (Å²) in [6.45, 7) is 6.79. The number of pyridine rings is 1. The van der Waals surface area contributed by atoms with E-state index >= 15 is 0 Å². The monoisotopic (exact) mass is 362 g/mol. The maximum absolute atomic E-state index is 3.49. The maximum Gasteiger partial charge on any atom is 0.218 e. The predicted molar refractivity (Wildman–Crippen MR) is 120 cm³/mol. The average molecular weight is 362 g/mol. The molecular weight excluding hydrogens is 338 g/mol. The lowest BCUT2D eigenvalue weighted by Crippen LogP contribution is -2.10. The van der Waals surface area contributed by atoms with Gasteiger partial charge >= 0.3 is 0 Å². The van der Waals surface area contributed by atoms with Crippen molar-refractivity contribution in [2.75, 3.05) is 0 Å². The highest BCUT2D eigenvalue weighted by Crippen LogP contribution is 2.32. The van der Waals surface area contributed by atoms with Gasteiger partial charge in [-0.1, -0.05) is 75.4 Å². The van der Waals surface area contributed by atoms with E-state index in [0.29, 0.717) is 0 Å². The molecule has 1 heterocycles. The molecule has 4 aromatic carbocycles. The van der Waals surface area contributed by atoms with Gasteiger partial charge in [-0.25, -0.2) is 4.98 Å². The Morgan fingerprint density at radius 2 is 1.36 bits per heavy atom. The van der Waals surface area contributed by atoms with Gasteiger partial charge in [-0.2, -0.15) is 0 Å². The minimum absolute atomic E-state index is 0.164. The van der Waals surface area contributed by atoms with Crippen LogP contribution >= 0.6 is 0 Å². The Hall–Kier alpha value is -3.19. The number of nitrogens with one attached hydrogen (secondary N) is 1. The Morgan fingerprint density at radius 1 is 0.607 bits per heavy atom. The van der Waals surface area contributed by atoms with E-state index in [1.165, 1.54) is 49.1 Å². The summed E-state index contributed by atoms with van der Waals surface area (Å²) in [5.41, 5.74) is 3.93. The fraction of sp³-hybridized carbons (Fsp3) is 0.148. The largest absolute Gasteiger partial charge is 0.218 e. The van der Waals surface area contributed by atoms with Gasteiger partial charge in [0.25, 0.3) is 0 Å². The van der Waals surface area contributed by atoms with Crippen LogP contribution in [0.25, 0.3) is 43.6 Å². The van der Waals surface area contributed by atoms with Crippen molar-refractivity contribution in [2.24, 2.45) is 0 Å². The Kier molecular flexibility index (Phi) is 3.73. The van der Waals surface area contributed by atoms with Crippen LogP contribution in [0.1, 0.15) is 26.3 Å². The Bertz CT molecular complexity index is 1340. The molecule has 0 atom stereocenters. The molecule has 0 radical (unpaired) electrons. The lowest BCUT2D eigenvalue weighted by atomic mass is 9.85. The lowest BCUT2D eigenvalue weighted by Gasteiger charge is -2.19. The fourth-order valence-electron chi connectivity index (χ4n) is 4.09. The average Bonchev–Trinajstić information content (AvgIpc) is 2.71. The van der Waals surface area contributed by atoms with Gasteiger partial charge in [-0.05, 0) is 50.7 Å². The summed E-state index contributed by atoms with van der Waals surface area (Å²) in [5.74, 6) is 0. The Morgan fingerprint density at radius 3 is 2.21 bits per heavy atom. The molecule has 1 heteroatoms. The van der Waals surface area contributed by atoms with E-state index in [9.17, 15) is 0 Å². The van der Waals surface area contributed by atoms with Gasteiger partial charge < -0.3 is 0 Å². The van der Waals surface area contributed by atoms with E-state index in [0.717, 1.165) is 0 Å². The highest BCUT2D eigenvalue weighted by atomic mass is 14.7. The summed E-state index contributed by atoms with van der Waals surface area (Å²) in [4.78, 5) is 3.49. The van der Waals surface area contributed by atoms with E-state index in [1.807, 2.05) is 0 Å². The number of hydrogen-bond acceptors (Lipinski definition) is 0.